The van der Waals surface area contributed by atoms with Gasteiger partial charge in [0, 0.05) is 0 Å². The first kappa shape index (κ1) is 16.1. The Morgan fingerprint density at radius 2 is 1.21 bits per heavy atom. The van der Waals surface area contributed by atoms with Crippen LogP contribution >= 0.6 is 0 Å². The normalized spacial score (nSPS) is 10.8. The molecule has 1 aromatic carbocycles. The van der Waals surface area contributed by atoms with Crippen LogP contribution in [0.4, 0.5) is 0 Å². The van der Waals surface area contributed by atoms with E-state index >= 15 is 0 Å². The molecule has 0 saturated carbocycles. The number of hydrogen-bond donors (Lipinski definition) is 1. The van der Waals surface area contributed by atoms with Gasteiger partial charge >= 0.3 is 0 Å². The lowest BCUT2D eigenvalue weighted by Gasteiger charge is -2.09. The third kappa shape index (κ3) is 6.13. The quantitative estimate of drug-likeness (QED) is 0.541. The number of benzene rings is 1. The molecule has 0 spiro atoms. The Morgan fingerprint density at radius 3 is 1.63 bits per heavy atom. The number of rotatable bonds is 10. The van der Waals surface area contributed by atoms with Gasteiger partial charge in [-0.1, -0.05) is 70.6 Å². The number of phenols is 1. The van der Waals surface area contributed by atoms with E-state index in [1.54, 1.807) is 0 Å². The first-order valence-corrected chi connectivity index (χ1v) is 8.09. The van der Waals surface area contributed by atoms with Crippen LogP contribution in [0.2, 0.25) is 0 Å². The molecule has 0 atom stereocenters. The minimum absolute atomic E-state index is 0.565. The van der Waals surface area contributed by atoms with E-state index in [1.807, 2.05) is 0 Å². The highest BCUT2D eigenvalue weighted by Gasteiger charge is 2.06. The second kappa shape index (κ2) is 9.89. The molecular weight excluding hydrogens is 232 g/mol. The van der Waals surface area contributed by atoms with Crippen LogP contribution in [0.25, 0.3) is 0 Å². The van der Waals surface area contributed by atoms with Gasteiger partial charge in [0.15, 0.2) is 0 Å². The van der Waals surface area contributed by atoms with Crippen LogP contribution in [0, 0.1) is 0 Å². The third-order valence-electron chi connectivity index (χ3n) is 3.80. The van der Waals surface area contributed by atoms with Gasteiger partial charge in [-0.3, -0.25) is 0 Å². The topological polar surface area (TPSA) is 20.2 Å². The molecule has 0 fully saturated rings. The first-order valence-electron chi connectivity index (χ1n) is 8.09. The molecule has 0 bridgehead atoms. The van der Waals surface area contributed by atoms with Gasteiger partial charge in [-0.2, -0.15) is 0 Å². The molecule has 1 nitrogen and oxygen atoms in total. The van der Waals surface area contributed by atoms with Gasteiger partial charge < -0.3 is 5.11 Å². The molecule has 108 valence electrons. The highest BCUT2D eigenvalue weighted by atomic mass is 16.3. The van der Waals surface area contributed by atoms with Gasteiger partial charge in [-0.25, -0.2) is 0 Å². The largest absolute Gasteiger partial charge is 0.507 e. The Bertz CT molecular complexity index is 313. The predicted octanol–water partition coefficient (Wildman–Crippen LogP) is 5.64. The average Bonchev–Trinajstić information content (AvgIpc) is 2.43. The summed E-state index contributed by atoms with van der Waals surface area (Å²) in [7, 11) is 0. The van der Waals surface area contributed by atoms with Gasteiger partial charge in [-0.15, -0.1) is 0 Å². The Morgan fingerprint density at radius 1 is 0.737 bits per heavy atom. The van der Waals surface area contributed by atoms with E-state index in [0.29, 0.717) is 5.75 Å². The minimum atomic E-state index is 0.565. The predicted molar refractivity (Wildman–Crippen MR) is 83.8 cm³/mol. The van der Waals surface area contributed by atoms with Crippen LogP contribution in [-0.2, 0) is 12.8 Å². The van der Waals surface area contributed by atoms with Crippen molar-refractivity contribution in [2.45, 2.75) is 78.1 Å². The van der Waals surface area contributed by atoms with Crippen molar-refractivity contribution in [3.05, 3.63) is 29.3 Å². The van der Waals surface area contributed by atoms with E-state index in [0.717, 1.165) is 24.0 Å². The van der Waals surface area contributed by atoms with Crippen molar-refractivity contribution in [3.63, 3.8) is 0 Å². The summed E-state index contributed by atoms with van der Waals surface area (Å²) < 4.78 is 0. The lowest BCUT2D eigenvalue weighted by atomic mass is 9.99. The summed E-state index contributed by atoms with van der Waals surface area (Å²) in [6.45, 7) is 4.46. The molecule has 0 aliphatic rings. The Hall–Kier alpha value is -0.980. The summed E-state index contributed by atoms with van der Waals surface area (Å²) in [5.41, 5.74) is 2.29. The van der Waals surface area contributed by atoms with Crippen molar-refractivity contribution in [3.8, 4) is 5.75 Å². The molecular formula is C18H30O. The molecule has 0 radical (unpaired) electrons. The summed E-state index contributed by atoms with van der Waals surface area (Å²) in [5, 5.41) is 10.3. The van der Waals surface area contributed by atoms with Gasteiger partial charge in [0.25, 0.3) is 0 Å². The zero-order valence-corrected chi connectivity index (χ0v) is 12.8. The smallest absolute Gasteiger partial charge is 0.121 e. The molecule has 0 saturated heterocycles. The summed E-state index contributed by atoms with van der Waals surface area (Å²) in [6.07, 6.45) is 12.1. The highest BCUT2D eigenvalue weighted by molar-refractivity contribution is 5.40. The monoisotopic (exact) mass is 262 g/mol. The number of phenolic OH excluding ortho intramolecular Hbond substituents is 1. The second-order valence-electron chi connectivity index (χ2n) is 5.55. The summed E-state index contributed by atoms with van der Waals surface area (Å²) >= 11 is 0. The molecule has 19 heavy (non-hydrogen) atoms. The lowest BCUT2D eigenvalue weighted by molar-refractivity contribution is 0.457. The molecule has 1 aromatic rings. The highest BCUT2D eigenvalue weighted by Crippen LogP contribution is 2.26. The maximum absolute atomic E-state index is 10.3. The van der Waals surface area contributed by atoms with Crippen LogP contribution in [-0.4, -0.2) is 5.11 Å². The van der Waals surface area contributed by atoms with Crippen molar-refractivity contribution in [1.29, 1.82) is 0 Å². The first-order chi connectivity index (χ1) is 9.29. The standard InChI is InChI=1S/C18H30O/c1-3-5-7-9-12-16-14-11-15-17(18(16)19)13-10-8-6-4-2/h11,14-15,19H,3-10,12-13H2,1-2H3. The number of para-hydroxylation sites is 1. The SMILES string of the molecule is CCCCCCc1cccc(CCCCCC)c1O. The van der Waals surface area contributed by atoms with Crippen molar-refractivity contribution >= 4 is 0 Å². The third-order valence-corrected chi connectivity index (χ3v) is 3.80. The van der Waals surface area contributed by atoms with E-state index in [2.05, 4.69) is 32.0 Å². The van der Waals surface area contributed by atoms with Crippen molar-refractivity contribution in [1.82, 2.24) is 0 Å². The zero-order chi connectivity index (χ0) is 13.9. The molecule has 0 aliphatic heterocycles. The Labute approximate surface area is 119 Å². The van der Waals surface area contributed by atoms with Crippen LogP contribution < -0.4 is 0 Å². The second-order valence-corrected chi connectivity index (χ2v) is 5.55. The molecule has 1 rings (SSSR count). The molecule has 1 N–H and O–H groups in total. The summed E-state index contributed by atoms with van der Waals surface area (Å²) in [5.74, 6) is 0.565. The Kier molecular flexibility index (Phi) is 8.36. The lowest BCUT2D eigenvalue weighted by Crippen LogP contribution is -1.93. The Balaban J connectivity index is 2.44. The van der Waals surface area contributed by atoms with Gasteiger partial charge in [0.05, 0.1) is 0 Å². The molecule has 0 unspecified atom stereocenters. The van der Waals surface area contributed by atoms with Crippen LogP contribution in [0.5, 0.6) is 5.75 Å². The minimum Gasteiger partial charge on any atom is -0.507 e. The zero-order valence-electron chi connectivity index (χ0n) is 12.8. The number of unbranched alkanes of at least 4 members (excludes halogenated alkanes) is 6. The van der Waals surface area contributed by atoms with E-state index < -0.39 is 0 Å². The molecule has 1 heteroatoms. The van der Waals surface area contributed by atoms with E-state index in [9.17, 15) is 5.11 Å². The fraction of sp³-hybridized carbons (Fsp3) is 0.667. The molecule has 0 heterocycles. The van der Waals surface area contributed by atoms with Crippen molar-refractivity contribution < 1.29 is 5.11 Å². The van der Waals surface area contributed by atoms with Crippen LogP contribution in [0.3, 0.4) is 0 Å². The van der Waals surface area contributed by atoms with Gasteiger partial charge in [0.1, 0.15) is 5.75 Å². The van der Waals surface area contributed by atoms with Crippen LogP contribution in [0.15, 0.2) is 18.2 Å². The van der Waals surface area contributed by atoms with Crippen molar-refractivity contribution in [2.24, 2.45) is 0 Å². The number of aryl methyl sites for hydroxylation is 2. The van der Waals surface area contributed by atoms with Gasteiger partial charge in [-0.05, 0) is 36.8 Å². The summed E-state index contributed by atoms with van der Waals surface area (Å²) in [4.78, 5) is 0. The van der Waals surface area contributed by atoms with E-state index in [-0.39, 0.29) is 0 Å². The number of aromatic hydroxyl groups is 1. The fourth-order valence-electron chi connectivity index (χ4n) is 2.53. The van der Waals surface area contributed by atoms with E-state index in [1.165, 1.54) is 51.4 Å². The average molecular weight is 262 g/mol. The van der Waals surface area contributed by atoms with Gasteiger partial charge in [0.2, 0.25) is 0 Å². The van der Waals surface area contributed by atoms with E-state index in [4.69, 9.17) is 0 Å². The molecule has 0 aliphatic carbocycles. The van der Waals surface area contributed by atoms with Crippen LogP contribution in [0.1, 0.15) is 76.3 Å². The molecule has 0 aromatic heterocycles. The number of hydrogen-bond acceptors (Lipinski definition) is 1. The maximum Gasteiger partial charge on any atom is 0.121 e. The summed E-state index contributed by atoms with van der Waals surface area (Å²) in [6, 6.07) is 6.26. The van der Waals surface area contributed by atoms with Crippen molar-refractivity contribution in [2.75, 3.05) is 0 Å². The fourth-order valence-corrected chi connectivity index (χ4v) is 2.53. The molecule has 0 amide bonds. The maximum atomic E-state index is 10.3.